The number of carbonyl (C=O) groups is 4. The number of nitrogens with one attached hydrogen (secondary N) is 3. The van der Waals surface area contributed by atoms with E-state index >= 15 is 0 Å². The van der Waals surface area contributed by atoms with E-state index in [0.717, 1.165) is 48.4 Å². The van der Waals surface area contributed by atoms with Crippen LogP contribution >= 0.6 is 0 Å². The molecule has 2 aliphatic rings. The Hall–Kier alpha value is -4.29. The molecule has 0 radical (unpaired) electrons. The summed E-state index contributed by atoms with van der Waals surface area (Å²) in [5.74, 6) is -2.58. The fraction of sp³-hybridized carbons (Fsp3) is 0.472. The Kier molecular flexibility index (Phi) is 11.8. The van der Waals surface area contributed by atoms with Crippen LogP contribution in [-0.4, -0.2) is 81.3 Å². The van der Waals surface area contributed by atoms with Gasteiger partial charge < -0.3 is 30.9 Å². The van der Waals surface area contributed by atoms with Crippen molar-refractivity contribution >= 4 is 41.5 Å². The van der Waals surface area contributed by atoms with Gasteiger partial charge in [0.05, 0.1) is 12.4 Å². The van der Waals surface area contributed by atoms with E-state index in [9.17, 15) is 29.2 Å². The van der Waals surface area contributed by atoms with Crippen molar-refractivity contribution in [3.05, 3.63) is 78.1 Å². The number of amides is 4. The van der Waals surface area contributed by atoms with E-state index in [2.05, 4.69) is 20.9 Å². The molecule has 5 N–H and O–H groups in total. The largest absolute Gasteiger partial charge is 0.475 e. The summed E-state index contributed by atoms with van der Waals surface area (Å²) in [6.07, 6.45) is 9.08. The van der Waals surface area contributed by atoms with Crippen LogP contribution in [0.15, 0.2) is 67.0 Å². The van der Waals surface area contributed by atoms with E-state index in [0.29, 0.717) is 12.0 Å². The van der Waals surface area contributed by atoms with Crippen LogP contribution in [0.5, 0.6) is 0 Å². The van der Waals surface area contributed by atoms with Crippen molar-refractivity contribution in [2.75, 3.05) is 6.54 Å². The summed E-state index contributed by atoms with van der Waals surface area (Å²) in [6, 6.07) is 14.3. The molecular formula is C36H46BN5O6. The van der Waals surface area contributed by atoms with E-state index < -0.39 is 43.0 Å². The first-order valence-corrected chi connectivity index (χ1v) is 17.0. The lowest BCUT2D eigenvalue weighted by atomic mass is 9.73. The van der Waals surface area contributed by atoms with Crippen molar-refractivity contribution in [1.82, 2.24) is 25.8 Å². The van der Waals surface area contributed by atoms with Crippen LogP contribution in [0.2, 0.25) is 0 Å². The molecule has 2 fully saturated rings. The Balaban J connectivity index is 1.39. The predicted octanol–water partition coefficient (Wildman–Crippen LogP) is 2.78. The highest BCUT2D eigenvalue weighted by Crippen LogP contribution is 2.29. The fourth-order valence-corrected chi connectivity index (χ4v) is 6.99. The van der Waals surface area contributed by atoms with Crippen molar-refractivity contribution in [2.45, 2.75) is 89.3 Å². The maximum atomic E-state index is 14.5. The molecule has 4 amide bonds. The fourth-order valence-electron chi connectivity index (χ4n) is 6.99. The molecule has 1 aliphatic heterocycles. The van der Waals surface area contributed by atoms with E-state index in [1.54, 1.807) is 50.5 Å². The second-order valence-corrected chi connectivity index (χ2v) is 13.6. The Bertz CT molecular complexity index is 1570. The normalized spacial score (nSPS) is 19.5. The lowest BCUT2D eigenvalue weighted by Gasteiger charge is -2.32. The van der Waals surface area contributed by atoms with Gasteiger partial charge in [0.2, 0.25) is 17.7 Å². The number of fused-ring (bicyclic) bond motifs is 1. The van der Waals surface area contributed by atoms with Crippen molar-refractivity contribution in [3.63, 3.8) is 0 Å². The number of likely N-dealkylation sites (tertiary alicyclic amines) is 1. The van der Waals surface area contributed by atoms with Gasteiger partial charge in [0.15, 0.2) is 0 Å². The van der Waals surface area contributed by atoms with Crippen molar-refractivity contribution < 1.29 is 29.2 Å². The number of rotatable bonds is 12. The van der Waals surface area contributed by atoms with Crippen LogP contribution < -0.4 is 16.0 Å². The summed E-state index contributed by atoms with van der Waals surface area (Å²) in [5.41, 5.74) is 1.21. The molecule has 2 heterocycles. The minimum Gasteiger partial charge on any atom is -0.426 e. The van der Waals surface area contributed by atoms with Crippen molar-refractivity contribution in [1.29, 1.82) is 0 Å². The molecule has 1 saturated carbocycles. The molecule has 48 heavy (non-hydrogen) atoms. The van der Waals surface area contributed by atoms with Gasteiger partial charge >= 0.3 is 7.12 Å². The minimum absolute atomic E-state index is 0.0695. The second-order valence-electron chi connectivity index (χ2n) is 13.6. The molecule has 11 nitrogen and oxygen atoms in total. The first-order valence-electron chi connectivity index (χ1n) is 17.0. The van der Waals surface area contributed by atoms with E-state index in [4.69, 9.17) is 0 Å². The average Bonchev–Trinajstić information content (AvgIpc) is 3.50. The monoisotopic (exact) mass is 655 g/mol. The first kappa shape index (κ1) is 35.0. The van der Waals surface area contributed by atoms with Crippen LogP contribution in [-0.2, 0) is 20.8 Å². The van der Waals surface area contributed by atoms with E-state index in [1.165, 1.54) is 4.90 Å². The molecule has 0 unspecified atom stereocenters. The quantitative estimate of drug-likeness (QED) is 0.188. The summed E-state index contributed by atoms with van der Waals surface area (Å²) < 4.78 is 0. The molecule has 3 aromatic rings. The Morgan fingerprint density at radius 2 is 1.65 bits per heavy atom. The maximum absolute atomic E-state index is 14.5. The van der Waals surface area contributed by atoms with Gasteiger partial charge in [-0.25, -0.2) is 0 Å². The van der Waals surface area contributed by atoms with Crippen LogP contribution in [0.25, 0.3) is 10.8 Å². The Labute approximate surface area is 282 Å². The SMILES string of the molecule is CC(C)[C@H](NC(=O)[C@@H]1C[C@@H](NC(=O)Cc2ccncc2)CN1C(=O)[C@@H](CC1CCCCC1)NC(=O)c1ccc2ccccc2c1)B(O)O. The van der Waals surface area contributed by atoms with Gasteiger partial charge in [-0.1, -0.05) is 76.3 Å². The van der Waals surface area contributed by atoms with E-state index in [-0.39, 0.29) is 43.0 Å². The van der Waals surface area contributed by atoms with Crippen molar-refractivity contribution in [3.8, 4) is 0 Å². The highest BCUT2D eigenvalue weighted by Gasteiger charge is 2.44. The number of hydrogen-bond acceptors (Lipinski definition) is 7. The topological polar surface area (TPSA) is 161 Å². The zero-order chi connectivity index (χ0) is 34.2. The summed E-state index contributed by atoms with van der Waals surface area (Å²) in [7, 11) is -1.80. The molecule has 4 atom stereocenters. The molecule has 0 spiro atoms. The molecule has 0 bridgehead atoms. The number of pyridine rings is 1. The molecule has 1 aromatic heterocycles. The van der Waals surface area contributed by atoms with Crippen LogP contribution in [0, 0.1) is 11.8 Å². The Morgan fingerprint density at radius 3 is 2.33 bits per heavy atom. The summed E-state index contributed by atoms with van der Waals surface area (Å²) >= 11 is 0. The maximum Gasteiger partial charge on any atom is 0.475 e. The zero-order valence-corrected chi connectivity index (χ0v) is 27.7. The molecule has 12 heteroatoms. The van der Waals surface area contributed by atoms with E-state index in [1.807, 2.05) is 30.3 Å². The lowest BCUT2D eigenvalue weighted by Crippen LogP contribution is -2.57. The van der Waals surface area contributed by atoms with Gasteiger partial charge in [0.1, 0.15) is 12.1 Å². The molecule has 254 valence electrons. The number of benzene rings is 2. The third-order valence-electron chi connectivity index (χ3n) is 9.62. The lowest BCUT2D eigenvalue weighted by molar-refractivity contribution is -0.140. The van der Waals surface area contributed by atoms with Crippen LogP contribution in [0.1, 0.15) is 74.7 Å². The smallest absolute Gasteiger partial charge is 0.426 e. The highest BCUT2D eigenvalue weighted by molar-refractivity contribution is 6.43. The first-order chi connectivity index (χ1) is 23.1. The number of carbonyl (C=O) groups excluding carboxylic acids is 4. The standard InChI is InChI=1S/C36H46BN5O6/c1-23(2)33(37(47)48)41-35(45)31-21-29(39-32(43)19-25-14-16-38-17-15-25)22-42(31)36(46)30(18-24-8-4-3-5-9-24)40-34(44)28-13-12-26-10-6-7-11-27(26)20-28/h6-7,10-17,20,23-24,29-31,33,47-48H,3-5,8-9,18-19,21-22H2,1-2H3,(H,39,43)(H,40,44)(H,41,45)/t29-,30-,31+,33+/m1/s1. The van der Waals surface area contributed by atoms with Gasteiger partial charge in [-0.15, -0.1) is 0 Å². The van der Waals surface area contributed by atoms with Gasteiger partial charge in [0.25, 0.3) is 5.91 Å². The number of nitrogens with zero attached hydrogens (tertiary/aromatic N) is 2. The second kappa shape index (κ2) is 16.2. The summed E-state index contributed by atoms with van der Waals surface area (Å²) in [4.78, 5) is 60.4. The van der Waals surface area contributed by atoms with Crippen LogP contribution in [0.3, 0.4) is 0 Å². The zero-order valence-electron chi connectivity index (χ0n) is 27.7. The predicted molar refractivity (Wildman–Crippen MR) is 183 cm³/mol. The Morgan fingerprint density at radius 1 is 0.938 bits per heavy atom. The molecule has 1 saturated heterocycles. The molecule has 5 rings (SSSR count). The summed E-state index contributed by atoms with van der Waals surface area (Å²) in [6.45, 7) is 3.58. The van der Waals surface area contributed by atoms with Gasteiger partial charge in [-0.3, -0.25) is 24.2 Å². The molecule has 2 aromatic carbocycles. The molecular weight excluding hydrogens is 609 g/mol. The summed E-state index contributed by atoms with van der Waals surface area (Å²) in [5, 5.41) is 30.5. The molecule has 1 aliphatic carbocycles. The number of hydrogen-bond donors (Lipinski definition) is 5. The van der Waals surface area contributed by atoms with Gasteiger partial charge in [0, 0.05) is 30.5 Å². The minimum atomic E-state index is -1.80. The highest BCUT2D eigenvalue weighted by atomic mass is 16.4. The van der Waals surface area contributed by atoms with Crippen LogP contribution in [0.4, 0.5) is 0 Å². The van der Waals surface area contributed by atoms with Crippen molar-refractivity contribution in [2.24, 2.45) is 11.8 Å². The average molecular weight is 656 g/mol. The third kappa shape index (κ3) is 8.99. The van der Waals surface area contributed by atoms with Gasteiger partial charge in [-0.2, -0.15) is 0 Å². The van der Waals surface area contributed by atoms with Gasteiger partial charge in [-0.05, 0) is 65.3 Å². The third-order valence-corrected chi connectivity index (χ3v) is 9.62. The number of aromatic nitrogens is 1.